The van der Waals surface area contributed by atoms with E-state index < -0.39 is 0 Å². The maximum Gasteiger partial charge on any atom is 0.125 e. The van der Waals surface area contributed by atoms with E-state index in [4.69, 9.17) is 21.6 Å². The zero-order valence-electron chi connectivity index (χ0n) is 15.3. The predicted octanol–water partition coefficient (Wildman–Crippen LogP) is 6.45. The maximum atomic E-state index is 6.31. The molecule has 142 valence electrons. The Morgan fingerprint density at radius 2 is 1.79 bits per heavy atom. The highest BCUT2D eigenvalue weighted by Crippen LogP contribution is 2.35. The summed E-state index contributed by atoms with van der Waals surface area (Å²) in [6.07, 6.45) is 2.34. The fourth-order valence-corrected chi connectivity index (χ4v) is 6.04. The number of piperidine rings is 1. The zero-order chi connectivity index (χ0) is 18.9. The second-order valence-corrected chi connectivity index (χ2v) is 9.52. The average Bonchev–Trinajstić information content (AvgIpc) is 3.36. The number of halogens is 1. The van der Waals surface area contributed by atoms with Crippen LogP contribution in [0.25, 0.3) is 20.8 Å². The summed E-state index contributed by atoms with van der Waals surface area (Å²) >= 11 is 9.85. The Balaban J connectivity index is 1.22. The number of aromatic nitrogens is 2. The molecule has 0 radical (unpaired) electrons. The van der Waals surface area contributed by atoms with Crippen LogP contribution in [-0.4, -0.2) is 28.0 Å². The molecular weight excluding hydrogens is 406 g/mol. The number of fused-ring (bicyclic) bond motifs is 1. The first-order valence-corrected chi connectivity index (χ1v) is 11.6. The molecule has 1 fully saturated rings. The van der Waals surface area contributed by atoms with E-state index >= 15 is 0 Å². The minimum absolute atomic E-state index is 0.586. The third-order valence-electron chi connectivity index (χ3n) is 5.29. The Kier molecular flexibility index (Phi) is 5.16. The lowest BCUT2D eigenvalue weighted by molar-refractivity contribution is 0.203. The lowest BCUT2D eigenvalue weighted by Crippen LogP contribution is -2.32. The summed E-state index contributed by atoms with van der Waals surface area (Å²) in [5, 5.41) is 5.23. The van der Waals surface area contributed by atoms with Gasteiger partial charge in [-0.15, -0.1) is 22.7 Å². The standard InChI is InChI=1S/C22H20ClN3S2/c23-18-6-2-1-5-17(18)22-24-16(14-27-22)13-26-11-9-15(10-12-26)21-25-19-7-3-4-8-20(19)28-21/h1-8,14-15H,9-13H2. The molecule has 4 aromatic rings. The van der Waals surface area contributed by atoms with Gasteiger partial charge in [-0.3, -0.25) is 4.90 Å². The molecule has 1 saturated heterocycles. The van der Waals surface area contributed by atoms with E-state index in [1.165, 1.54) is 22.5 Å². The summed E-state index contributed by atoms with van der Waals surface area (Å²) in [5.41, 5.74) is 3.30. The molecule has 0 N–H and O–H groups in total. The van der Waals surface area contributed by atoms with Crippen LogP contribution < -0.4 is 0 Å². The Hall–Kier alpha value is -1.79. The molecule has 2 aromatic heterocycles. The molecule has 28 heavy (non-hydrogen) atoms. The Labute approximate surface area is 177 Å². The molecule has 0 saturated carbocycles. The fourth-order valence-electron chi connectivity index (χ4n) is 3.77. The van der Waals surface area contributed by atoms with Gasteiger partial charge in [0.1, 0.15) is 5.01 Å². The van der Waals surface area contributed by atoms with Gasteiger partial charge in [-0.25, -0.2) is 9.97 Å². The summed E-state index contributed by atoms with van der Waals surface area (Å²) in [6.45, 7) is 3.10. The summed E-state index contributed by atoms with van der Waals surface area (Å²) in [6, 6.07) is 16.4. The highest BCUT2D eigenvalue weighted by Gasteiger charge is 2.24. The number of hydrogen-bond acceptors (Lipinski definition) is 5. The Morgan fingerprint density at radius 3 is 2.61 bits per heavy atom. The van der Waals surface area contributed by atoms with Crippen molar-refractivity contribution >= 4 is 44.5 Å². The molecule has 0 atom stereocenters. The quantitative estimate of drug-likeness (QED) is 0.376. The van der Waals surface area contributed by atoms with Crippen LogP contribution in [0.2, 0.25) is 5.02 Å². The molecule has 0 unspecified atom stereocenters. The first kappa shape index (κ1) is 18.3. The van der Waals surface area contributed by atoms with Gasteiger partial charge in [0, 0.05) is 23.4 Å². The molecule has 1 aliphatic rings. The third-order valence-corrected chi connectivity index (χ3v) is 7.74. The number of likely N-dealkylation sites (tertiary alicyclic amines) is 1. The van der Waals surface area contributed by atoms with Crippen molar-refractivity contribution in [2.45, 2.75) is 25.3 Å². The van der Waals surface area contributed by atoms with Gasteiger partial charge in [0.25, 0.3) is 0 Å². The zero-order valence-corrected chi connectivity index (χ0v) is 17.7. The normalized spacial score (nSPS) is 16.0. The number of para-hydroxylation sites is 1. The van der Waals surface area contributed by atoms with Crippen LogP contribution in [0.5, 0.6) is 0 Å². The van der Waals surface area contributed by atoms with Crippen LogP contribution in [0.15, 0.2) is 53.9 Å². The number of hydrogen-bond donors (Lipinski definition) is 0. The van der Waals surface area contributed by atoms with Gasteiger partial charge < -0.3 is 0 Å². The molecule has 0 spiro atoms. The first-order chi connectivity index (χ1) is 13.8. The van der Waals surface area contributed by atoms with Crippen molar-refractivity contribution < 1.29 is 0 Å². The van der Waals surface area contributed by atoms with E-state index in [0.717, 1.165) is 46.4 Å². The van der Waals surface area contributed by atoms with E-state index in [2.05, 4.69) is 34.5 Å². The monoisotopic (exact) mass is 425 g/mol. The molecule has 2 aromatic carbocycles. The van der Waals surface area contributed by atoms with Crippen molar-refractivity contribution in [1.29, 1.82) is 0 Å². The highest BCUT2D eigenvalue weighted by molar-refractivity contribution is 7.18. The second kappa shape index (κ2) is 7.91. The molecule has 1 aliphatic heterocycles. The number of benzene rings is 2. The summed E-state index contributed by atoms with van der Waals surface area (Å²) < 4.78 is 1.30. The van der Waals surface area contributed by atoms with Gasteiger partial charge in [0.2, 0.25) is 0 Å². The van der Waals surface area contributed by atoms with Gasteiger partial charge in [-0.1, -0.05) is 41.9 Å². The highest BCUT2D eigenvalue weighted by atomic mass is 35.5. The predicted molar refractivity (Wildman–Crippen MR) is 119 cm³/mol. The first-order valence-electron chi connectivity index (χ1n) is 9.53. The maximum absolute atomic E-state index is 6.31. The van der Waals surface area contributed by atoms with E-state index in [1.807, 2.05) is 35.6 Å². The summed E-state index contributed by atoms with van der Waals surface area (Å²) in [5.74, 6) is 0.586. The summed E-state index contributed by atoms with van der Waals surface area (Å²) in [7, 11) is 0. The molecule has 6 heteroatoms. The van der Waals surface area contributed by atoms with Crippen LogP contribution in [0.1, 0.15) is 29.5 Å². The van der Waals surface area contributed by atoms with Gasteiger partial charge in [-0.05, 0) is 44.1 Å². The third kappa shape index (κ3) is 3.72. The van der Waals surface area contributed by atoms with Gasteiger partial charge in [0.05, 0.1) is 25.9 Å². The van der Waals surface area contributed by atoms with Crippen molar-refractivity contribution in [3.8, 4) is 10.6 Å². The fraction of sp³-hybridized carbons (Fsp3) is 0.273. The topological polar surface area (TPSA) is 29.0 Å². The molecule has 5 rings (SSSR count). The average molecular weight is 426 g/mol. The van der Waals surface area contributed by atoms with E-state index in [0.29, 0.717) is 5.92 Å². The molecule has 0 amide bonds. The number of nitrogens with zero attached hydrogens (tertiary/aromatic N) is 3. The lowest BCUT2D eigenvalue weighted by atomic mass is 9.97. The SMILES string of the molecule is Clc1ccccc1-c1nc(CN2CCC(c3nc4ccccc4s3)CC2)cs1. The van der Waals surface area contributed by atoms with Crippen LogP contribution in [0.3, 0.4) is 0 Å². The number of rotatable bonds is 4. The lowest BCUT2D eigenvalue weighted by Gasteiger charge is -2.30. The molecule has 3 nitrogen and oxygen atoms in total. The second-order valence-electron chi connectivity index (χ2n) is 7.19. The van der Waals surface area contributed by atoms with Crippen molar-refractivity contribution in [2.75, 3.05) is 13.1 Å². The smallest absolute Gasteiger partial charge is 0.125 e. The largest absolute Gasteiger partial charge is 0.297 e. The molecule has 0 aliphatic carbocycles. The van der Waals surface area contributed by atoms with Crippen molar-refractivity contribution in [2.24, 2.45) is 0 Å². The van der Waals surface area contributed by atoms with E-state index in [9.17, 15) is 0 Å². The molecule has 3 heterocycles. The summed E-state index contributed by atoms with van der Waals surface area (Å²) in [4.78, 5) is 12.2. The molecular formula is C22H20ClN3S2. The van der Waals surface area contributed by atoms with Gasteiger partial charge in [-0.2, -0.15) is 0 Å². The van der Waals surface area contributed by atoms with Crippen LogP contribution in [-0.2, 0) is 6.54 Å². The molecule has 0 bridgehead atoms. The Bertz CT molecular complexity index is 1060. The van der Waals surface area contributed by atoms with Crippen molar-refractivity contribution in [1.82, 2.24) is 14.9 Å². The van der Waals surface area contributed by atoms with Crippen molar-refractivity contribution in [3.63, 3.8) is 0 Å². The van der Waals surface area contributed by atoms with Crippen LogP contribution in [0, 0.1) is 0 Å². The van der Waals surface area contributed by atoms with E-state index in [1.54, 1.807) is 11.3 Å². The Morgan fingerprint density at radius 1 is 1.00 bits per heavy atom. The van der Waals surface area contributed by atoms with Crippen LogP contribution >= 0.6 is 34.3 Å². The van der Waals surface area contributed by atoms with E-state index in [-0.39, 0.29) is 0 Å². The van der Waals surface area contributed by atoms with Gasteiger partial charge >= 0.3 is 0 Å². The van der Waals surface area contributed by atoms with Crippen molar-refractivity contribution in [3.05, 3.63) is 69.6 Å². The van der Waals surface area contributed by atoms with Crippen LogP contribution in [0.4, 0.5) is 0 Å². The number of thiazole rings is 2. The minimum Gasteiger partial charge on any atom is -0.297 e. The minimum atomic E-state index is 0.586. The van der Waals surface area contributed by atoms with Gasteiger partial charge in [0.15, 0.2) is 0 Å².